The Kier molecular flexibility index (Phi) is 9.08. The third-order valence-corrected chi connectivity index (χ3v) is 7.37. The summed E-state index contributed by atoms with van der Waals surface area (Å²) in [5.74, 6) is -0.784. The fourth-order valence-electron chi connectivity index (χ4n) is 4.23. The van der Waals surface area contributed by atoms with Gasteiger partial charge in [0.1, 0.15) is 30.4 Å². The number of nitrogens with one attached hydrogen (secondary N) is 1. The molecule has 0 spiro atoms. The summed E-state index contributed by atoms with van der Waals surface area (Å²) in [5, 5.41) is 2.79. The molecule has 1 N–H and O–H groups in total. The largest absolute Gasteiger partial charge is 0.493 e. The molecule has 0 unspecified atom stereocenters. The Balaban J connectivity index is 1.34. The standard InChI is InChI=1S/C32H23BrClFN2O6/c1-41-28-16-20(15-26(33)29(28)43-17-19-6-8-22(35)9-7-19)14-25-30(38)36-32(40)37(31(25)39)23-10-12-24(13-11-23)42-18-21-4-2-3-5-27(21)34/h2-16H,17-18H2,1H3,(H,36,38,40)/b25-14+. The Morgan fingerprint density at radius 1 is 0.930 bits per heavy atom. The molecule has 0 aromatic heterocycles. The minimum atomic E-state index is -0.875. The number of urea groups is 1. The molecule has 8 nitrogen and oxygen atoms in total. The molecule has 218 valence electrons. The minimum Gasteiger partial charge on any atom is -0.493 e. The first-order chi connectivity index (χ1) is 20.7. The number of nitrogens with zero attached hydrogens (tertiary/aromatic N) is 1. The lowest BCUT2D eigenvalue weighted by Crippen LogP contribution is -2.54. The van der Waals surface area contributed by atoms with Crippen LogP contribution in [0, 0.1) is 5.82 Å². The zero-order valence-electron chi connectivity index (χ0n) is 22.6. The van der Waals surface area contributed by atoms with Gasteiger partial charge in [0.25, 0.3) is 11.8 Å². The van der Waals surface area contributed by atoms with Gasteiger partial charge in [-0.15, -0.1) is 0 Å². The number of anilines is 1. The van der Waals surface area contributed by atoms with Crippen LogP contribution in [0.1, 0.15) is 16.7 Å². The van der Waals surface area contributed by atoms with Crippen molar-refractivity contribution in [2.75, 3.05) is 12.0 Å². The number of rotatable bonds is 9. The average Bonchev–Trinajstić information content (AvgIpc) is 2.99. The lowest BCUT2D eigenvalue weighted by Gasteiger charge is -2.26. The van der Waals surface area contributed by atoms with E-state index in [2.05, 4.69) is 21.2 Å². The number of hydrogen-bond acceptors (Lipinski definition) is 6. The number of carbonyl (C=O) groups is 3. The van der Waals surface area contributed by atoms with E-state index in [1.807, 2.05) is 18.2 Å². The number of benzene rings is 4. The van der Waals surface area contributed by atoms with Gasteiger partial charge in [-0.3, -0.25) is 14.9 Å². The molecular formula is C32H23BrClFN2O6. The van der Waals surface area contributed by atoms with Crippen molar-refractivity contribution in [1.82, 2.24) is 5.32 Å². The molecule has 1 fully saturated rings. The van der Waals surface area contributed by atoms with Gasteiger partial charge in [-0.05, 0) is 87.7 Å². The molecule has 1 aliphatic heterocycles. The monoisotopic (exact) mass is 664 g/mol. The maximum atomic E-state index is 13.4. The van der Waals surface area contributed by atoms with Crippen LogP contribution in [0.25, 0.3) is 6.08 Å². The van der Waals surface area contributed by atoms with Gasteiger partial charge >= 0.3 is 6.03 Å². The Labute approximate surface area is 259 Å². The summed E-state index contributed by atoms with van der Waals surface area (Å²) >= 11 is 9.63. The molecule has 1 aliphatic rings. The van der Waals surface area contributed by atoms with Gasteiger partial charge in [-0.25, -0.2) is 14.1 Å². The summed E-state index contributed by atoms with van der Waals surface area (Å²) in [6.45, 7) is 0.385. The Hall–Kier alpha value is -4.67. The van der Waals surface area contributed by atoms with Gasteiger partial charge < -0.3 is 14.2 Å². The molecule has 0 atom stereocenters. The Morgan fingerprint density at radius 2 is 1.65 bits per heavy atom. The Morgan fingerprint density at radius 3 is 2.35 bits per heavy atom. The summed E-state index contributed by atoms with van der Waals surface area (Å²) in [7, 11) is 1.45. The average molecular weight is 666 g/mol. The van der Waals surface area contributed by atoms with E-state index >= 15 is 0 Å². The molecule has 4 aromatic carbocycles. The number of amides is 4. The van der Waals surface area contributed by atoms with Gasteiger partial charge in [0.2, 0.25) is 0 Å². The number of barbiturate groups is 1. The quantitative estimate of drug-likeness (QED) is 0.152. The SMILES string of the molecule is COc1cc(/C=C2\C(=O)NC(=O)N(c3ccc(OCc4ccccc4Cl)cc3)C2=O)cc(Br)c1OCc1ccc(F)cc1. The van der Waals surface area contributed by atoms with Crippen molar-refractivity contribution in [1.29, 1.82) is 0 Å². The first-order valence-corrected chi connectivity index (χ1v) is 14.0. The van der Waals surface area contributed by atoms with Crippen LogP contribution in [0.3, 0.4) is 0 Å². The normalized spacial score (nSPS) is 14.1. The van der Waals surface area contributed by atoms with E-state index in [0.29, 0.717) is 32.3 Å². The fraction of sp³-hybridized carbons (Fsp3) is 0.0938. The number of halogens is 3. The van der Waals surface area contributed by atoms with Gasteiger partial charge in [0.05, 0.1) is 17.3 Å². The molecule has 43 heavy (non-hydrogen) atoms. The van der Waals surface area contributed by atoms with E-state index < -0.39 is 17.8 Å². The number of carbonyl (C=O) groups excluding carboxylic acids is 3. The van der Waals surface area contributed by atoms with Crippen LogP contribution in [-0.2, 0) is 22.8 Å². The Bertz CT molecular complexity index is 1730. The number of methoxy groups -OCH3 is 1. The van der Waals surface area contributed by atoms with Crippen molar-refractivity contribution in [2.45, 2.75) is 13.2 Å². The lowest BCUT2D eigenvalue weighted by atomic mass is 10.1. The predicted molar refractivity (Wildman–Crippen MR) is 163 cm³/mol. The van der Waals surface area contributed by atoms with Crippen LogP contribution in [0.2, 0.25) is 5.02 Å². The van der Waals surface area contributed by atoms with Crippen LogP contribution >= 0.6 is 27.5 Å². The lowest BCUT2D eigenvalue weighted by molar-refractivity contribution is -0.122. The highest BCUT2D eigenvalue weighted by Gasteiger charge is 2.37. The first kappa shape index (κ1) is 29.8. The molecule has 1 saturated heterocycles. The summed E-state index contributed by atoms with van der Waals surface area (Å²) in [6.07, 6.45) is 1.36. The van der Waals surface area contributed by atoms with Crippen LogP contribution in [0.15, 0.2) is 95.0 Å². The molecule has 4 amide bonds. The molecule has 11 heteroatoms. The number of ether oxygens (including phenoxy) is 3. The summed E-state index contributed by atoms with van der Waals surface area (Å²) in [4.78, 5) is 39.7. The van der Waals surface area contributed by atoms with E-state index in [1.54, 1.807) is 54.6 Å². The van der Waals surface area contributed by atoms with Crippen molar-refractivity contribution in [3.63, 3.8) is 0 Å². The van der Waals surface area contributed by atoms with E-state index in [4.69, 9.17) is 25.8 Å². The molecule has 0 aliphatic carbocycles. The second-order valence-corrected chi connectivity index (χ2v) is 10.5. The molecule has 0 radical (unpaired) electrons. The van der Waals surface area contributed by atoms with Crippen molar-refractivity contribution in [2.24, 2.45) is 0 Å². The number of hydrogen-bond donors (Lipinski definition) is 1. The second kappa shape index (κ2) is 13.1. The zero-order chi connectivity index (χ0) is 30.5. The molecule has 0 bridgehead atoms. The van der Waals surface area contributed by atoms with Crippen LogP contribution < -0.4 is 24.4 Å². The maximum Gasteiger partial charge on any atom is 0.335 e. The highest BCUT2D eigenvalue weighted by atomic mass is 79.9. The molecule has 1 heterocycles. The van der Waals surface area contributed by atoms with Crippen LogP contribution in [0.5, 0.6) is 17.2 Å². The highest BCUT2D eigenvalue weighted by molar-refractivity contribution is 9.10. The predicted octanol–water partition coefficient (Wildman–Crippen LogP) is 7.07. The maximum absolute atomic E-state index is 13.4. The van der Waals surface area contributed by atoms with Gasteiger partial charge in [0, 0.05) is 10.6 Å². The van der Waals surface area contributed by atoms with Crippen molar-refractivity contribution in [3.05, 3.63) is 123 Å². The van der Waals surface area contributed by atoms with E-state index in [-0.39, 0.29) is 30.3 Å². The first-order valence-electron chi connectivity index (χ1n) is 12.9. The highest BCUT2D eigenvalue weighted by Crippen LogP contribution is 2.38. The summed E-state index contributed by atoms with van der Waals surface area (Å²) in [5.41, 5.74) is 1.98. The topological polar surface area (TPSA) is 94.2 Å². The number of imide groups is 2. The fourth-order valence-corrected chi connectivity index (χ4v) is 4.99. The summed E-state index contributed by atoms with van der Waals surface area (Å²) in [6, 6.07) is 21.8. The molecular weight excluding hydrogens is 643 g/mol. The third-order valence-electron chi connectivity index (χ3n) is 6.41. The van der Waals surface area contributed by atoms with Gasteiger partial charge in [-0.1, -0.05) is 41.9 Å². The second-order valence-electron chi connectivity index (χ2n) is 9.28. The molecule has 5 rings (SSSR count). The van der Waals surface area contributed by atoms with Crippen LogP contribution in [-0.4, -0.2) is 25.0 Å². The van der Waals surface area contributed by atoms with Crippen molar-refractivity contribution < 1.29 is 33.0 Å². The molecule has 0 saturated carbocycles. The zero-order valence-corrected chi connectivity index (χ0v) is 24.9. The van der Waals surface area contributed by atoms with Gasteiger partial charge in [-0.2, -0.15) is 0 Å². The van der Waals surface area contributed by atoms with Crippen molar-refractivity contribution in [3.8, 4) is 17.2 Å². The molecule has 4 aromatic rings. The summed E-state index contributed by atoms with van der Waals surface area (Å²) < 4.78 is 30.9. The van der Waals surface area contributed by atoms with E-state index in [0.717, 1.165) is 16.0 Å². The van der Waals surface area contributed by atoms with Crippen LogP contribution in [0.4, 0.5) is 14.9 Å². The smallest absolute Gasteiger partial charge is 0.335 e. The van der Waals surface area contributed by atoms with Gasteiger partial charge in [0.15, 0.2) is 11.5 Å². The van der Waals surface area contributed by atoms with E-state index in [9.17, 15) is 18.8 Å². The van der Waals surface area contributed by atoms with Crippen molar-refractivity contribution >= 4 is 57.1 Å². The van der Waals surface area contributed by atoms with E-state index in [1.165, 1.54) is 25.3 Å². The minimum absolute atomic E-state index is 0.150. The third kappa shape index (κ3) is 6.87.